The normalized spacial score (nSPS) is 17.3. The Balaban J connectivity index is 1.52. The van der Waals surface area contributed by atoms with Crippen molar-refractivity contribution in [2.45, 2.75) is 13.8 Å². The predicted octanol–water partition coefficient (Wildman–Crippen LogP) is 5.01. The van der Waals surface area contributed by atoms with Crippen molar-refractivity contribution in [3.8, 4) is 5.69 Å². The first-order valence-electron chi connectivity index (χ1n) is 9.41. The molecule has 1 amide bonds. The van der Waals surface area contributed by atoms with Gasteiger partial charge in [-0.1, -0.05) is 11.6 Å². The number of thioether (sulfide) groups is 1. The third-order valence-electron chi connectivity index (χ3n) is 5.04. The number of aliphatic imine (C=N–C) groups is 1. The van der Waals surface area contributed by atoms with Crippen molar-refractivity contribution < 1.29 is 9.21 Å². The lowest BCUT2D eigenvalue weighted by molar-refractivity contribution is -0.114. The van der Waals surface area contributed by atoms with E-state index in [2.05, 4.69) is 14.7 Å². The van der Waals surface area contributed by atoms with Crippen LogP contribution in [0.2, 0.25) is 5.02 Å². The van der Waals surface area contributed by atoms with Gasteiger partial charge in [-0.05, 0) is 79.7 Å². The van der Waals surface area contributed by atoms with Gasteiger partial charge in [0.1, 0.15) is 0 Å². The SMILES string of the molecule is Cc1cc(/C=C2\C(=N)N3N=C(c4ccco4)SC3=NC2=O)c(C)n1-c1ccc(Cl)cc1. The van der Waals surface area contributed by atoms with Gasteiger partial charge in [0.15, 0.2) is 16.6 Å². The van der Waals surface area contributed by atoms with Crippen LogP contribution in [0.1, 0.15) is 22.7 Å². The van der Waals surface area contributed by atoms with Crippen molar-refractivity contribution in [2.75, 3.05) is 0 Å². The smallest absolute Gasteiger partial charge is 0.283 e. The Morgan fingerprint density at radius 1 is 1.19 bits per heavy atom. The van der Waals surface area contributed by atoms with Gasteiger partial charge in [-0.15, -0.1) is 0 Å². The van der Waals surface area contributed by atoms with E-state index in [1.54, 1.807) is 24.5 Å². The summed E-state index contributed by atoms with van der Waals surface area (Å²) in [6, 6.07) is 13.1. The van der Waals surface area contributed by atoms with Crippen molar-refractivity contribution in [1.82, 2.24) is 9.58 Å². The molecule has 1 aromatic carbocycles. The number of rotatable bonds is 3. The molecule has 0 atom stereocenters. The molecule has 1 N–H and O–H groups in total. The number of nitrogens with zero attached hydrogens (tertiary/aromatic N) is 4. The molecule has 0 saturated heterocycles. The van der Waals surface area contributed by atoms with E-state index in [-0.39, 0.29) is 11.4 Å². The van der Waals surface area contributed by atoms with E-state index in [0.29, 0.717) is 21.0 Å². The zero-order valence-electron chi connectivity index (χ0n) is 16.6. The molecule has 0 spiro atoms. The first kappa shape index (κ1) is 19.6. The summed E-state index contributed by atoms with van der Waals surface area (Å²) in [4.78, 5) is 16.9. The van der Waals surface area contributed by atoms with Crippen molar-refractivity contribution in [2.24, 2.45) is 10.1 Å². The van der Waals surface area contributed by atoms with E-state index in [0.717, 1.165) is 22.6 Å². The Morgan fingerprint density at radius 2 is 1.97 bits per heavy atom. The molecule has 0 saturated carbocycles. The average Bonchev–Trinajstić information content (AvgIpc) is 3.46. The molecule has 2 aromatic heterocycles. The number of furan rings is 1. The third-order valence-corrected chi connectivity index (χ3v) is 6.22. The molecule has 0 fully saturated rings. The molecular weight excluding hydrogens is 434 g/mol. The average molecular weight is 450 g/mol. The lowest BCUT2D eigenvalue weighted by Crippen LogP contribution is -2.35. The number of carbonyl (C=O) groups excluding carboxylic acids is 1. The highest BCUT2D eigenvalue weighted by atomic mass is 35.5. The summed E-state index contributed by atoms with van der Waals surface area (Å²) < 4.78 is 7.45. The summed E-state index contributed by atoms with van der Waals surface area (Å²) >= 11 is 7.22. The number of hydrogen-bond acceptors (Lipinski definition) is 5. The van der Waals surface area contributed by atoms with Crippen LogP contribution in [0.3, 0.4) is 0 Å². The van der Waals surface area contributed by atoms with Crippen molar-refractivity contribution in [3.05, 3.63) is 82.0 Å². The minimum atomic E-state index is -0.462. The van der Waals surface area contributed by atoms with Gasteiger partial charge in [0.05, 0.1) is 11.8 Å². The fourth-order valence-corrected chi connectivity index (χ4v) is 4.55. The molecule has 0 aliphatic carbocycles. The second-order valence-corrected chi connectivity index (χ2v) is 8.43. The van der Waals surface area contributed by atoms with E-state index in [1.807, 2.05) is 44.2 Å². The number of aromatic nitrogens is 1. The van der Waals surface area contributed by atoms with Crippen LogP contribution >= 0.6 is 23.4 Å². The van der Waals surface area contributed by atoms with E-state index in [9.17, 15) is 4.79 Å². The molecule has 0 bridgehead atoms. The first-order chi connectivity index (χ1) is 14.9. The van der Waals surface area contributed by atoms with E-state index in [1.165, 1.54) is 16.8 Å². The number of nitrogens with one attached hydrogen (secondary N) is 1. The number of carbonyl (C=O) groups is 1. The standard InChI is InChI=1S/C22H16ClN5O2S/c1-12-10-14(13(2)27(12)16-7-5-15(23)6-8-16)11-17-19(24)28-22(25-20(17)29)31-21(26-28)18-4-3-9-30-18/h3-11,24H,1-2H3/b17-11+,24-19?. The van der Waals surface area contributed by atoms with Gasteiger partial charge in [0, 0.05) is 22.1 Å². The Hall–Kier alpha value is -3.36. The Bertz CT molecular complexity index is 1320. The molecule has 154 valence electrons. The van der Waals surface area contributed by atoms with Gasteiger partial charge in [0.25, 0.3) is 5.91 Å². The second kappa shape index (κ2) is 7.40. The largest absolute Gasteiger partial charge is 0.462 e. The Morgan fingerprint density at radius 3 is 2.68 bits per heavy atom. The van der Waals surface area contributed by atoms with Gasteiger partial charge < -0.3 is 8.98 Å². The van der Waals surface area contributed by atoms with Crippen LogP contribution in [0.4, 0.5) is 0 Å². The molecule has 0 unspecified atom stereocenters. The van der Waals surface area contributed by atoms with Crippen LogP contribution in [0.25, 0.3) is 11.8 Å². The summed E-state index contributed by atoms with van der Waals surface area (Å²) in [5, 5.41) is 15.9. The topological polar surface area (TPSA) is 87.0 Å². The number of fused-ring (bicyclic) bond motifs is 1. The van der Waals surface area contributed by atoms with Crippen LogP contribution in [0.15, 0.2) is 68.8 Å². The second-order valence-electron chi connectivity index (χ2n) is 7.04. The minimum absolute atomic E-state index is 0.0136. The van der Waals surface area contributed by atoms with Crippen LogP contribution < -0.4 is 0 Å². The number of halogens is 1. The van der Waals surface area contributed by atoms with Crippen molar-refractivity contribution in [1.29, 1.82) is 5.41 Å². The maximum absolute atomic E-state index is 12.7. The summed E-state index contributed by atoms with van der Waals surface area (Å²) in [6.45, 7) is 3.96. The molecule has 31 heavy (non-hydrogen) atoms. The van der Waals surface area contributed by atoms with Crippen molar-refractivity contribution >= 4 is 51.4 Å². The first-order valence-corrected chi connectivity index (χ1v) is 10.6. The Kier molecular flexibility index (Phi) is 4.68. The highest BCUT2D eigenvalue weighted by Crippen LogP contribution is 2.32. The quantitative estimate of drug-likeness (QED) is 0.569. The molecule has 5 rings (SSSR count). The molecule has 2 aliphatic rings. The van der Waals surface area contributed by atoms with Gasteiger partial charge in [-0.2, -0.15) is 15.1 Å². The fourth-order valence-electron chi connectivity index (χ4n) is 3.57. The van der Waals surface area contributed by atoms with Gasteiger partial charge >= 0.3 is 0 Å². The maximum atomic E-state index is 12.7. The number of hydrazone groups is 1. The monoisotopic (exact) mass is 449 g/mol. The van der Waals surface area contributed by atoms with Crippen molar-refractivity contribution in [3.63, 3.8) is 0 Å². The van der Waals surface area contributed by atoms with Crippen LogP contribution in [0.5, 0.6) is 0 Å². The molecule has 9 heteroatoms. The molecular formula is C22H16ClN5O2S. The fraction of sp³-hybridized carbons (Fsp3) is 0.0909. The van der Waals surface area contributed by atoms with Crippen LogP contribution in [-0.2, 0) is 4.79 Å². The Labute approximate surface area is 187 Å². The predicted molar refractivity (Wildman–Crippen MR) is 123 cm³/mol. The zero-order chi connectivity index (χ0) is 21.7. The minimum Gasteiger partial charge on any atom is -0.462 e. The van der Waals surface area contributed by atoms with E-state index >= 15 is 0 Å². The number of benzene rings is 1. The summed E-state index contributed by atoms with van der Waals surface area (Å²) in [6.07, 6.45) is 3.25. The molecule has 7 nitrogen and oxygen atoms in total. The van der Waals surface area contributed by atoms with Gasteiger partial charge in [-0.3, -0.25) is 10.2 Å². The summed E-state index contributed by atoms with van der Waals surface area (Å²) in [5.41, 5.74) is 3.93. The zero-order valence-corrected chi connectivity index (χ0v) is 18.2. The molecule has 2 aliphatic heterocycles. The lowest BCUT2D eigenvalue weighted by Gasteiger charge is -2.20. The highest BCUT2D eigenvalue weighted by Gasteiger charge is 2.36. The van der Waals surface area contributed by atoms with Crippen LogP contribution in [-0.4, -0.2) is 31.5 Å². The number of hydrogen-bond donors (Lipinski definition) is 1. The van der Waals surface area contributed by atoms with Crippen LogP contribution in [0, 0.1) is 19.3 Å². The highest BCUT2D eigenvalue weighted by molar-refractivity contribution is 8.27. The van der Waals surface area contributed by atoms with Gasteiger partial charge in [0.2, 0.25) is 5.17 Å². The van der Waals surface area contributed by atoms with E-state index < -0.39 is 5.91 Å². The molecule has 0 radical (unpaired) electrons. The number of aryl methyl sites for hydroxylation is 1. The number of amidine groups is 2. The molecule has 3 aromatic rings. The third kappa shape index (κ3) is 3.34. The molecule has 4 heterocycles. The summed E-state index contributed by atoms with van der Waals surface area (Å²) in [5.74, 6) is 0.0932. The lowest BCUT2D eigenvalue weighted by atomic mass is 10.1. The maximum Gasteiger partial charge on any atom is 0.283 e. The summed E-state index contributed by atoms with van der Waals surface area (Å²) in [7, 11) is 0. The van der Waals surface area contributed by atoms with E-state index in [4.69, 9.17) is 21.4 Å². The van der Waals surface area contributed by atoms with Gasteiger partial charge in [-0.25, -0.2) is 0 Å². The number of amides is 1.